The van der Waals surface area contributed by atoms with Gasteiger partial charge in [-0.15, -0.1) is 0 Å². The molecule has 3 rings (SSSR count). The van der Waals surface area contributed by atoms with Crippen LogP contribution in [0.25, 0.3) is 0 Å². The van der Waals surface area contributed by atoms with Crippen LogP contribution in [0.3, 0.4) is 0 Å². The number of halogens is 1. The zero-order chi connectivity index (χ0) is 19.6. The third-order valence-corrected chi connectivity index (χ3v) is 3.72. The van der Waals surface area contributed by atoms with Gasteiger partial charge in [-0.25, -0.2) is 9.18 Å². The Morgan fingerprint density at radius 3 is 2.89 bits per heavy atom. The van der Waals surface area contributed by atoms with Crippen molar-refractivity contribution in [3.63, 3.8) is 0 Å². The standard InChI is InChI=1S/C16H13FN4O6/c17-12-7-20(13-5-4-11(8-22)27-13)16(24)19-14(12)18-15(23)9-2-1-3-10(6-9)21(25)26/h1-7,11,13,22H,8H2,(H,18,19,23,24). The Labute approximate surface area is 150 Å². The van der Waals surface area contributed by atoms with E-state index in [-0.39, 0.29) is 17.9 Å². The minimum Gasteiger partial charge on any atom is -0.393 e. The number of anilines is 1. The van der Waals surface area contributed by atoms with Gasteiger partial charge in [-0.3, -0.25) is 19.5 Å². The van der Waals surface area contributed by atoms with Gasteiger partial charge in [0.05, 0.1) is 17.7 Å². The molecule has 0 saturated carbocycles. The van der Waals surface area contributed by atoms with E-state index in [4.69, 9.17) is 9.84 Å². The average Bonchev–Trinajstić information content (AvgIpc) is 3.13. The molecule has 1 amide bonds. The van der Waals surface area contributed by atoms with E-state index < -0.39 is 40.5 Å². The van der Waals surface area contributed by atoms with Crippen LogP contribution in [0.2, 0.25) is 0 Å². The fourth-order valence-electron chi connectivity index (χ4n) is 2.41. The van der Waals surface area contributed by atoms with Crippen molar-refractivity contribution in [3.8, 4) is 0 Å². The quantitative estimate of drug-likeness (QED) is 0.451. The first-order valence-corrected chi connectivity index (χ1v) is 7.68. The maximum atomic E-state index is 14.3. The first-order valence-electron chi connectivity index (χ1n) is 7.68. The lowest BCUT2D eigenvalue weighted by Gasteiger charge is -2.15. The molecule has 11 heteroatoms. The van der Waals surface area contributed by atoms with Crippen LogP contribution in [-0.2, 0) is 4.74 Å². The summed E-state index contributed by atoms with van der Waals surface area (Å²) in [5.74, 6) is -2.48. The molecule has 0 spiro atoms. The Morgan fingerprint density at radius 2 is 2.22 bits per heavy atom. The number of rotatable bonds is 5. The molecule has 1 aliphatic heterocycles. The molecule has 0 aliphatic carbocycles. The van der Waals surface area contributed by atoms with Gasteiger partial charge in [0.15, 0.2) is 17.9 Å². The van der Waals surface area contributed by atoms with Crippen molar-refractivity contribution in [1.29, 1.82) is 0 Å². The van der Waals surface area contributed by atoms with E-state index in [0.29, 0.717) is 0 Å². The molecule has 0 saturated heterocycles. The predicted octanol–water partition coefficient (Wildman–Crippen LogP) is 0.989. The highest BCUT2D eigenvalue weighted by molar-refractivity contribution is 6.04. The second-order valence-electron chi connectivity index (χ2n) is 5.52. The minimum absolute atomic E-state index is 0.0950. The molecule has 10 nitrogen and oxygen atoms in total. The molecule has 2 aromatic rings. The van der Waals surface area contributed by atoms with E-state index in [1.54, 1.807) is 0 Å². The number of amides is 1. The van der Waals surface area contributed by atoms with Crippen LogP contribution >= 0.6 is 0 Å². The van der Waals surface area contributed by atoms with E-state index >= 15 is 0 Å². The molecule has 1 aromatic heterocycles. The summed E-state index contributed by atoms with van der Waals surface area (Å²) in [5, 5.41) is 21.9. The number of aromatic nitrogens is 2. The lowest BCUT2D eigenvalue weighted by molar-refractivity contribution is -0.384. The minimum atomic E-state index is -1.00. The molecule has 2 N–H and O–H groups in total. The number of hydrogen-bond donors (Lipinski definition) is 2. The van der Waals surface area contributed by atoms with E-state index in [1.165, 1.54) is 30.4 Å². The lowest BCUT2D eigenvalue weighted by Crippen LogP contribution is -2.30. The van der Waals surface area contributed by atoms with Gasteiger partial charge < -0.3 is 15.2 Å². The first-order chi connectivity index (χ1) is 12.9. The fourth-order valence-corrected chi connectivity index (χ4v) is 2.41. The number of non-ortho nitro benzene ring substituents is 1. The molecule has 0 fully saturated rings. The number of carbonyl (C=O) groups is 1. The highest BCUT2D eigenvalue weighted by Crippen LogP contribution is 2.21. The van der Waals surface area contributed by atoms with Crippen molar-refractivity contribution >= 4 is 17.4 Å². The molecule has 0 bridgehead atoms. The van der Waals surface area contributed by atoms with Crippen LogP contribution in [0.5, 0.6) is 0 Å². The molecule has 2 unspecified atom stereocenters. The number of benzene rings is 1. The number of nitro groups is 1. The van der Waals surface area contributed by atoms with Crippen LogP contribution in [0.1, 0.15) is 16.6 Å². The summed E-state index contributed by atoms with van der Waals surface area (Å²) in [6.45, 7) is -0.297. The van der Waals surface area contributed by atoms with Gasteiger partial charge in [-0.2, -0.15) is 4.98 Å². The molecule has 0 radical (unpaired) electrons. The van der Waals surface area contributed by atoms with Gasteiger partial charge in [-0.1, -0.05) is 12.1 Å². The Morgan fingerprint density at radius 1 is 1.44 bits per heavy atom. The highest BCUT2D eigenvalue weighted by Gasteiger charge is 2.23. The van der Waals surface area contributed by atoms with Gasteiger partial charge in [0.2, 0.25) is 0 Å². The summed E-state index contributed by atoms with van der Waals surface area (Å²) in [5.41, 5.74) is -1.29. The van der Waals surface area contributed by atoms with Crippen molar-refractivity contribution < 1.29 is 24.0 Å². The number of aliphatic hydroxyl groups is 1. The van der Waals surface area contributed by atoms with Gasteiger partial charge in [0.25, 0.3) is 11.6 Å². The summed E-state index contributed by atoms with van der Waals surface area (Å²) < 4.78 is 20.4. The average molecular weight is 376 g/mol. The van der Waals surface area contributed by atoms with E-state index in [1.807, 2.05) is 0 Å². The Bertz CT molecular complexity index is 989. The van der Waals surface area contributed by atoms with Crippen LogP contribution < -0.4 is 11.0 Å². The maximum absolute atomic E-state index is 14.3. The van der Waals surface area contributed by atoms with Gasteiger partial charge in [0, 0.05) is 17.7 Å². The van der Waals surface area contributed by atoms with Crippen LogP contribution in [0.15, 0.2) is 47.4 Å². The zero-order valence-corrected chi connectivity index (χ0v) is 13.6. The fraction of sp³-hybridized carbons (Fsp3) is 0.188. The van der Waals surface area contributed by atoms with E-state index in [9.17, 15) is 24.1 Å². The highest BCUT2D eigenvalue weighted by atomic mass is 19.1. The van der Waals surface area contributed by atoms with Crippen molar-refractivity contribution in [2.75, 3.05) is 11.9 Å². The van der Waals surface area contributed by atoms with Crippen LogP contribution in [0, 0.1) is 15.9 Å². The number of nitrogens with one attached hydrogen (secondary N) is 1. The van der Waals surface area contributed by atoms with Gasteiger partial charge >= 0.3 is 5.69 Å². The van der Waals surface area contributed by atoms with E-state index in [0.717, 1.165) is 16.8 Å². The summed E-state index contributed by atoms with van der Waals surface area (Å²) in [4.78, 5) is 37.8. The maximum Gasteiger partial charge on any atom is 0.352 e. The van der Waals surface area contributed by atoms with Crippen LogP contribution in [0.4, 0.5) is 15.9 Å². The Balaban J connectivity index is 1.82. The number of carbonyl (C=O) groups excluding carboxylic acids is 1. The monoisotopic (exact) mass is 376 g/mol. The summed E-state index contributed by atoms with van der Waals surface area (Å²) in [7, 11) is 0. The second kappa shape index (κ2) is 7.43. The SMILES string of the molecule is O=C(Nc1nc(=O)n(C2C=CC(CO)O2)cc1F)c1cccc([N+](=O)[O-])c1. The van der Waals surface area contributed by atoms with Gasteiger partial charge in [0.1, 0.15) is 6.10 Å². The summed E-state index contributed by atoms with van der Waals surface area (Å²) >= 11 is 0. The van der Waals surface area contributed by atoms with E-state index in [2.05, 4.69) is 10.3 Å². The van der Waals surface area contributed by atoms with Crippen molar-refractivity contribution in [3.05, 3.63) is 74.6 Å². The Kier molecular flexibility index (Phi) is 5.05. The number of nitro benzene ring substituents is 1. The zero-order valence-electron chi connectivity index (χ0n) is 13.6. The summed E-state index contributed by atoms with van der Waals surface area (Å²) in [6, 6.07) is 4.82. The first kappa shape index (κ1) is 18.4. The molecular weight excluding hydrogens is 363 g/mol. The molecule has 1 aromatic carbocycles. The molecule has 27 heavy (non-hydrogen) atoms. The number of ether oxygens (including phenoxy) is 1. The smallest absolute Gasteiger partial charge is 0.352 e. The molecule has 140 valence electrons. The topological polar surface area (TPSA) is 137 Å². The molecule has 2 atom stereocenters. The molecule has 2 heterocycles. The van der Waals surface area contributed by atoms with Crippen molar-refractivity contribution in [2.45, 2.75) is 12.3 Å². The number of hydrogen-bond acceptors (Lipinski definition) is 7. The molecular formula is C16H13FN4O6. The Hall–Kier alpha value is -3.44. The lowest BCUT2D eigenvalue weighted by atomic mass is 10.2. The predicted molar refractivity (Wildman–Crippen MR) is 89.6 cm³/mol. The van der Waals surface area contributed by atoms with Gasteiger partial charge in [-0.05, 0) is 12.1 Å². The number of aliphatic hydroxyl groups excluding tert-OH is 1. The van der Waals surface area contributed by atoms with Crippen LogP contribution in [-0.4, -0.2) is 38.2 Å². The molecule has 1 aliphatic rings. The number of nitrogens with zero attached hydrogens (tertiary/aromatic N) is 3. The van der Waals surface area contributed by atoms with Crippen molar-refractivity contribution in [1.82, 2.24) is 9.55 Å². The summed E-state index contributed by atoms with van der Waals surface area (Å²) in [6.07, 6.45) is 2.25. The largest absolute Gasteiger partial charge is 0.393 e. The van der Waals surface area contributed by atoms with Crippen molar-refractivity contribution in [2.24, 2.45) is 0 Å². The third-order valence-electron chi connectivity index (χ3n) is 3.72. The second-order valence-corrected chi connectivity index (χ2v) is 5.52. The third kappa shape index (κ3) is 3.88. The normalized spacial score (nSPS) is 18.4.